The number of halogens is 3. The van der Waals surface area contributed by atoms with Gasteiger partial charge in [0.05, 0.1) is 5.71 Å². The molecule has 0 bridgehead atoms. The van der Waals surface area contributed by atoms with Crippen molar-refractivity contribution in [2.75, 3.05) is 0 Å². The van der Waals surface area contributed by atoms with Crippen molar-refractivity contribution in [3.8, 4) is 0 Å². The predicted molar refractivity (Wildman–Crippen MR) is 73.7 cm³/mol. The van der Waals surface area contributed by atoms with Crippen LogP contribution in [0.3, 0.4) is 0 Å². The van der Waals surface area contributed by atoms with E-state index < -0.39 is 17.4 Å². The highest BCUT2D eigenvalue weighted by Gasteiger charge is 2.36. The largest absolute Gasteiger partial charge is 0.435 e. The fourth-order valence-corrected chi connectivity index (χ4v) is 2.08. The third-order valence-corrected chi connectivity index (χ3v) is 3.21. The van der Waals surface area contributed by atoms with Gasteiger partial charge in [-0.3, -0.25) is 4.68 Å². The number of alkyl halides is 3. The zero-order valence-corrected chi connectivity index (χ0v) is 11.6. The molecule has 0 radical (unpaired) electrons. The van der Waals surface area contributed by atoms with Crippen LogP contribution in [0.4, 0.5) is 13.2 Å². The van der Waals surface area contributed by atoms with Crippen molar-refractivity contribution < 1.29 is 13.2 Å². The van der Waals surface area contributed by atoms with Crippen LogP contribution >= 0.6 is 0 Å². The molecule has 0 aliphatic rings. The maximum atomic E-state index is 12.7. The molecule has 2 aromatic rings. The van der Waals surface area contributed by atoms with E-state index in [0.717, 1.165) is 11.6 Å². The standard InChI is InChI=1S/C14H15F3N4/c1-13(2,12(19-18)10-6-4-3-5-7-10)21-9-8-11(20-21)14(15,16)17/h3-9H,18H2,1-2H3. The fraction of sp³-hybridized carbons (Fsp3) is 0.286. The molecule has 0 unspecified atom stereocenters. The molecule has 0 atom stereocenters. The number of nitrogens with two attached hydrogens (primary N) is 1. The van der Waals surface area contributed by atoms with E-state index in [0.29, 0.717) is 5.71 Å². The first kappa shape index (κ1) is 15.1. The number of benzene rings is 1. The normalized spacial score (nSPS) is 13.5. The van der Waals surface area contributed by atoms with Gasteiger partial charge in [-0.2, -0.15) is 23.4 Å². The van der Waals surface area contributed by atoms with Crippen molar-refractivity contribution in [2.24, 2.45) is 10.9 Å². The average molecular weight is 296 g/mol. The molecule has 0 amide bonds. The van der Waals surface area contributed by atoms with Crippen LogP contribution in [0.25, 0.3) is 0 Å². The number of hydrogen-bond donors (Lipinski definition) is 1. The zero-order valence-electron chi connectivity index (χ0n) is 11.6. The van der Waals surface area contributed by atoms with Gasteiger partial charge in [0.1, 0.15) is 5.54 Å². The van der Waals surface area contributed by atoms with Gasteiger partial charge in [-0.25, -0.2) is 0 Å². The second-order valence-electron chi connectivity index (χ2n) is 5.05. The van der Waals surface area contributed by atoms with Crippen LogP contribution in [-0.4, -0.2) is 15.5 Å². The van der Waals surface area contributed by atoms with Gasteiger partial charge < -0.3 is 5.84 Å². The Hall–Kier alpha value is -2.31. The Morgan fingerprint density at radius 3 is 2.24 bits per heavy atom. The smallest absolute Gasteiger partial charge is 0.323 e. The predicted octanol–water partition coefficient (Wildman–Crippen LogP) is 3.00. The van der Waals surface area contributed by atoms with Crippen molar-refractivity contribution in [1.82, 2.24) is 9.78 Å². The second-order valence-corrected chi connectivity index (χ2v) is 5.05. The highest BCUT2D eigenvalue weighted by molar-refractivity contribution is 6.05. The molecule has 2 N–H and O–H groups in total. The first-order valence-corrected chi connectivity index (χ1v) is 6.24. The van der Waals surface area contributed by atoms with E-state index in [-0.39, 0.29) is 0 Å². The topological polar surface area (TPSA) is 56.2 Å². The maximum Gasteiger partial charge on any atom is 0.435 e. The Morgan fingerprint density at radius 1 is 1.14 bits per heavy atom. The zero-order chi connectivity index (χ0) is 15.7. The summed E-state index contributed by atoms with van der Waals surface area (Å²) in [5.74, 6) is 5.45. The molecule has 7 heteroatoms. The highest BCUT2D eigenvalue weighted by Crippen LogP contribution is 2.29. The Bertz CT molecular complexity index is 642. The summed E-state index contributed by atoms with van der Waals surface area (Å²) in [5.41, 5.74) is -0.687. The van der Waals surface area contributed by atoms with Gasteiger partial charge in [0.15, 0.2) is 5.69 Å². The fourth-order valence-electron chi connectivity index (χ4n) is 2.08. The van der Waals surface area contributed by atoms with Crippen molar-refractivity contribution in [2.45, 2.75) is 25.6 Å². The van der Waals surface area contributed by atoms with Crippen LogP contribution in [0, 0.1) is 0 Å². The number of rotatable bonds is 3. The number of aromatic nitrogens is 2. The summed E-state index contributed by atoms with van der Waals surface area (Å²) in [5, 5.41) is 7.36. The summed E-state index contributed by atoms with van der Waals surface area (Å²) in [4.78, 5) is 0. The van der Waals surface area contributed by atoms with Gasteiger partial charge in [0.25, 0.3) is 0 Å². The van der Waals surface area contributed by atoms with Crippen LogP contribution in [0.15, 0.2) is 47.7 Å². The van der Waals surface area contributed by atoms with Crippen molar-refractivity contribution in [3.63, 3.8) is 0 Å². The number of hydrogen-bond acceptors (Lipinski definition) is 3. The van der Waals surface area contributed by atoms with Crippen LogP contribution in [0.1, 0.15) is 25.1 Å². The lowest BCUT2D eigenvalue weighted by molar-refractivity contribution is -0.141. The minimum absolute atomic E-state index is 0.444. The Balaban J connectivity index is 2.43. The molecular weight excluding hydrogens is 281 g/mol. The van der Waals surface area contributed by atoms with E-state index in [1.807, 2.05) is 6.07 Å². The van der Waals surface area contributed by atoms with Gasteiger partial charge >= 0.3 is 6.18 Å². The first-order chi connectivity index (χ1) is 9.76. The molecule has 0 spiro atoms. The Morgan fingerprint density at radius 2 is 1.76 bits per heavy atom. The molecule has 0 saturated carbocycles. The lowest BCUT2D eigenvalue weighted by Gasteiger charge is -2.27. The summed E-state index contributed by atoms with van der Waals surface area (Å²) in [6, 6.07) is 9.96. The third kappa shape index (κ3) is 2.91. The van der Waals surface area contributed by atoms with E-state index in [9.17, 15) is 13.2 Å². The summed E-state index contributed by atoms with van der Waals surface area (Å²) >= 11 is 0. The minimum Gasteiger partial charge on any atom is -0.323 e. The van der Waals surface area contributed by atoms with Crippen LogP contribution < -0.4 is 5.84 Å². The van der Waals surface area contributed by atoms with Crippen molar-refractivity contribution >= 4 is 5.71 Å². The average Bonchev–Trinajstić information content (AvgIpc) is 2.90. The van der Waals surface area contributed by atoms with Gasteiger partial charge in [0, 0.05) is 11.8 Å². The molecule has 4 nitrogen and oxygen atoms in total. The lowest BCUT2D eigenvalue weighted by atomic mass is 9.92. The summed E-state index contributed by atoms with van der Waals surface area (Å²) in [6.07, 6.45) is -3.20. The van der Waals surface area contributed by atoms with E-state index in [2.05, 4.69) is 10.2 Å². The highest BCUT2D eigenvalue weighted by atomic mass is 19.4. The van der Waals surface area contributed by atoms with Crippen LogP contribution in [-0.2, 0) is 11.7 Å². The molecule has 0 saturated heterocycles. The SMILES string of the molecule is CC(C)(C(=NN)c1ccccc1)n1ccc(C(F)(F)F)n1. The van der Waals surface area contributed by atoms with Crippen LogP contribution in [0.2, 0.25) is 0 Å². The van der Waals surface area contributed by atoms with Crippen molar-refractivity contribution in [1.29, 1.82) is 0 Å². The lowest BCUT2D eigenvalue weighted by Crippen LogP contribution is -2.38. The summed E-state index contributed by atoms with van der Waals surface area (Å²) < 4.78 is 39.2. The molecule has 21 heavy (non-hydrogen) atoms. The maximum absolute atomic E-state index is 12.7. The molecule has 112 valence electrons. The molecule has 0 fully saturated rings. The second kappa shape index (κ2) is 5.23. The van der Waals surface area contributed by atoms with E-state index in [1.54, 1.807) is 38.1 Å². The Kier molecular flexibility index (Phi) is 3.76. The number of nitrogens with zero attached hydrogens (tertiary/aromatic N) is 3. The third-order valence-electron chi connectivity index (χ3n) is 3.21. The van der Waals surface area contributed by atoms with E-state index >= 15 is 0 Å². The monoisotopic (exact) mass is 296 g/mol. The van der Waals surface area contributed by atoms with Crippen molar-refractivity contribution in [3.05, 3.63) is 53.9 Å². The first-order valence-electron chi connectivity index (χ1n) is 6.24. The van der Waals surface area contributed by atoms with Gasteiger partial charge in [0.2, 0.25) is 0 Å². The minimum atomic E-state index is -4.48. The molecule has 2 rings (SSSR count). The molecule has 1 heterocycles. The number of hydrazone groups is 1. The molecule has 0 aliphatic heterocycles. The van der Waals surface area contributed by atoms with Gasteiger partial charge in [-0.1, -0.05) is 30.3 Å². The Labute approximate surface area is 120 Å². The molecule has 1 aromatic carbocycles. The van der Waals surface area contributed by atoms with Crippen LogP contribution in [0.5, 0.6) is 0 Å². The molecule has 0 aliphatic carbocycles. The summed E-state index contributed by atoms with van der Waals surface area (Å²) in [7, 11) is 0. The summed E-state index contributed by atoms with van der Waals surface area (Å²) in [6.45, 7) is 3.41. The molecule has 1 aromatic heterocycles. The van der Waals surface area contributed by atoms with E-state index in [4.69, 9.17) is 5.84 Å². The molecular formula is C14H15F3N4. The quantitative estimate of drug-likeness (QED) is 0.538. The van der Waals surface area contributed by atoms with E-state index in [1.165, 1.54) is 10.9 Å². The van der Waals surface area contributed by atoms with Gasteiger partial charge in [-0.05, 0) is 19.9 Å². The van der Waals surface area contributed by atoms with Gasteiger partial charge in [-0.15, -0.1) is 0 Å².